The molecule has 162 valence electrons. The van der Waals surface area contributed by atoms with E-state index in [2.05, 4.69) is 15.6 Å². The number of halogens is 2. The molecule has 1 atom stereocenters. The van der Waals surface area contributed by atoms with E-state index < -0.39 is 12.0 Å². The lowest BCUT2D eigenvalue weighted by molar-refractivity contribution is -0.139. The van der Waals surface area contributed by atoms with Crippen LogP contribution in [0.25, 0.3) is 0 Å². The van der Waals surface area contributed by atoms with Gasteiger partial charge in [-0.05, 0) is 43.7 Å². The van der Waals surface area contributed by atoms with Crippen LogP contribution in [0.3, 0.4) is 0 Å². The van der Waals surface area contributed by atoms with Crippen LogP contribution in [-0.2, 0) is 14.3 Å². The summed E-state index contributed by atoms with van der Waals surface area (Å²) in [5.74, 6) is -0.535. The van der Waals surface area contributed by atoms with Gasteiger partial charge >= 0.3 is 5.97 Å². The molecule has 2 aromatic carbocycles. The third-order valence-corrected chi connectivity index (χ3v) is 5.86. The molecule has 0 aromatic heterocycles. The summed E-state index contributed by atoms with van der Waals surface area (Å²) in [6, 6.07) is 13.6. The molecule has 6 nitrogen and oxygen atoms in total. The number of anilines is 1. The van der Waals surface area contributed by atoms with E-state index in [-0.39, 0.29) is 18.3 Å². The standard InChI is InChI=1S/C22H21Cl2N3O3S/c1-3-30-21(29)19-13(2)25-22(27-20(19)14-8-10-15(23)11-9-14)31-12-18(28)26-17-7-5-4-6-16(17)24/h4-11,20H,3,12H2,1-2H3,(H,25,27)(H,26,28)/t20-/m1/s1. The Balaban J connectivity index is 1.77. The summed E-state index contributed by atoms with van der Waals surface area (Å²) in [5, 5.41) is 7.47. The number of nitrogens with one attached hydrogen (secondary N) is 2. The van der Waals surface area contributed by atoms with E-state index in [0.717, 1.165) is 5.56 Å². The van der Waals surface area contributed by atoms with Crippen LogP contribution in [0.5, 0.6) is 0 Å². The summed E-state index contributed by atoms with van der Waals surface area (Å²) in [6.45, 7) is 3.80. The fourth-order valence-corrected chi connectivity index (χ4v) is 4.02. The minimum absolute atomic E-state index is 0.117. The first-order chi connectivity index (χ1) is 14.9. The lowest BCUT2D eigenvalue weighted by atomic mass is 9.97. The highest BCUT2D eigenvalue weighted by atomic mass is 35.5. The summed E-state index contributed by atoms with van der Waals surface area (Å²) >= 11 is 13.3. The average molecular weight is 478 g/mol. The van der Waals surface area contributed by atoms with E-state index in [1.54, 1.807) is 50.2 Å². The van der Waals surface area contributed by atoms with E-state index in [9.17, 15) is 9.59 Å². The number of aliphatic imine (C=N–C) groups is 1. The zero-order valence-corrected chi connectivity index (χ0v) is 19.3. The lowest BCUT2D eigenvalue weighted by Gasteiger charge is -2.25. The van der Waals surface area contributed by atoms with Crippen LogP contribution >= 0.6 is 35.0 Å². The Hall–Kier alpha value is -2.48. The van der Waals surface area contributed by atoms with Gasteiger partial charge in [-0.15, -0.1) is 0 Å². The number of para-hydroxylation sites is 1. The fraction of sp³-hybridized carbons (Fsp3) is 0.227. The number of ether oxygens (including phenoxy) is 1. The maximum atomic E-state index is 12.6. The van der Waals surface area contributed by atoms with Crippen molar-refractivity contribution in [2.24, 2.45) is 4.99 Å². The molecule has 2 aromatic rings. The minimum Gasteiger partial charge on any atom is -0.463 e. The molecule has 9 heteroatoms. The molecule has 3 rings (SSSR count). The second-order valence-electron chi connectivity index (χ2n) is 6.59. The van der Waals surface area contributed by atoms with Gasteiger partial charge in [0, 0.05) is 10.7 Å². The Kier molecular flexibility index (Phi) is 8.01. The summed E-state index contributed by atoms with van der Waals surface area (Å²) in [5.41, 5.74) is 2.40. The SMILES string of the molecule is CCOC(=O)C1=C(C)NC(SCC(=O)Nc2ccccc2Cl)=N[C@@H]1c1ccc(Cl)cc1. The van der Waals surface area contributed by atoms with Crippen molar-refractivity contribution in [3.63, 3.8) is 0 Å². The third kappa shape index (κ3) is 6.03. The zero-order chi connectivity index (χ0) is 22.4. The van der Waals surface area contributed by atoms with Gasteiger partial charge in [-0.3, -0.25) is 4.79 Å². The van der Waals surface area contributed by atoms with Crippen molar-refractivity contribution in [3.8, 4) is 0 Å². The first-order valence-corrected chi connectivity index (χ1v) is 11.3. The van der Waals surface area contributed by atoms with Crippen molar-refractivity contribution < 1.29 is 14.3 Å². The number of nitrogens with zero attached hydrogens (tertiary/aromatic N) is 1. The summed E-state index contributed by atoms with van der Waals surface area (Å²) in [7, 11) is 0. The number of benzene rings is 2. The summed E-state index contributed by atoms with van der Waals surface area (Å²) in [4.78, 5) is 29.6. The van der Waals surface area contributed by atoms with Gasteiger partial charge in [-0.1, -0.05) is 59.2 Å². The number of esters is 1. The van der Waals surface area contributed by atoms with E-state index >= 15 is 0 Å². The van der Waals surface area contributed by atoms with Crippen molar-refractivity contribution in [1.29, 1.82) is 0 Å². The molecule has 2 N–H and O–H groups in total. The first kappa shape index (κ1) is 23.2. The molecule has 1 aliphatic heterocycles. The third-order valence-electron chi connectivity index (χ3n) is 4.39. The van der Waals surface area contributed by atoms with Crippen LogP contribution in [0.15, 0.2) is 64.8 Å². The average Bonchev–Trinajstić information content (AvgIpc) is 2.74. The molecule has 31 heavy (non-hydrogen) atoms. The number of amidine groups is 1. The largest absolute Gasteiger partial charge is 0.463 e. The number of amides is 1. The molecule has 0 spiro atoms. The van der Waals surface area contributed by atoms with Gasteiger partial charge in [-0.25, -0.2) is 9.79 Å². The Morgan fingerprint density at radius 1 is 1.16 bits per heavy atom. The number of hydrogen-bond donors (Lipinski definition) is 2. The Morgan fingerprint density at radius 3 is 2.55 bits per heavy atom. The zero-order valence-electron chi connectivity index (χ0n) is 16.9. The topological polar surface area (TPSA) is 79.8 Å². The van der Waals surface area contributed by atoms with Crippen LogP contribution < -0.4 is 10.6 Å². The number of allylic oxidation sites excluding steroid dienone is 1. The first-order valence-electron chi connectivity index (χ1n) is 9.54. The highest BCUT2D eigenvalue weighted by Crippen LogP contribution is 2.33. The monoisotopic (exact) mass is 477 g/mol. The van der Waals surface area contributed by atoms with Crippen LogP contribution in [0.1, 0.15) is 25.5 Å². The van der Waals surface area contributed by atoms with Gasteiger partial charge in [0.2, 0.25) is 5.91 Å². The Labute approximate surface area is 195 Å². The van der Waals surface area contributed by atoms with E-state index in [1.165, 1.54) is 11.8 Å². The minimum atomic E-state index is -0.563. The van der Waals surface area contributed by atoms with Gasteiger partial charge in [-0.2, -0.15) is 0 Å². The van der Waals surface area contributed by atoms with E-state index in [1.807, 2.05) is 12.1 Å². The van der Waals surface area contributed by atoms with Crippen molar-refractivity contribution in [2.45, 2.75) is 19.9 Å². The molecule has 0 saturated heterocycles. The number of thioether (sulfide) groups is 1. The predicted molar refractivity (Wildman–Crippen MR) is 127 cm³/mol. The van der Waals surface area contributed by atoms with E-state index in [4.69, 9.17) is 27.9 Å². The highest BCUT2D eigenvalue weighted by Gasteiger charge is 2.30. The molecule has 1 aliphatic rings. The molecule has 1 amide bonds. The van der Waals surface area contributed by atoms with Crippen molar-refractivity contribution in [3.05, 3.63) is 75.4 Å². The van der Waals surface area contributed by atoms with E-state index in [0.29, 0.717) is 32.2 Å². The maximum Gasteiger partial charge on any atom is 0.338 e. The van der Waals surface area contributed by atoms with Crippen molar-refractivity contribution in [2.75, 3.05) is 17.7 Å². The van der Waals surface area contributed by atoms with Gasteiger partial charge < -0.3 is 15.4 Å². The van der Waals surface area contributed by atoms with Gasteiger partial charge in [0.05, 0.1) is 28.6 Å². The van der Waals surface area contributed by atoms with Crippen LogP contribution in [0, 0.1) is 0 Å². The molecule has 0 aliphatic carbocycles. The molecule has 0 bridgehead atoms. The molecular formula is C22H21Cl2N3O3S. The Bertz CT molecular complexity index is 1040. The van der Waals surface area contributed by atoms with Gasteiger partial charge in [0.25, 0.3) is 0 Å². The molecular weight excluding hydrogens is 457 g/mol. The summed E-state index contributed by atoms with van der Waals surface area (Å²) < 4.78 is 5.22. The second kappa shape index (κ2) is 10.7. The number of carbonyl (C=O) groups is 2. The Morgan fingerprint density at radius 2 is 1.87 bits per heavy atom. The fourth-order valence-electron chi connectivity index (χ4n) is 2.96. The predicted octanol–water partition coefficient (Wildman–Crippen LogP) is 5.20. The van der Waals surface area contributed by atoms with Crippen LogP contribution in [0.2, 0.25) is 10.0 Å². The number of carbonyl (C=O) groups excluding carboxylic acids is 2. The summed E-state index contributed by atoms with van der Waals surface area (Å²) in [6.07, 6.45) is 0. The number of rotatable bonds is 6. The molecule has 1 heterocycles. The molecule has 0 unspecified atom stereocenters. The quantitative estimate of drug-likeness (QED) is 0.558. The lowest BCUT2D eigenvalue weighted by Crippen LogP contribution is -2.31. The second-order valence-corrected chi connectivity index (χ2v) is 8.40. The van der Waals surface area contributed by atoms with Crippen molar-refractivity contribution in [1.82, 2.24) is 5.32 Å². The van der Waals surface area contributed by atoms with Crippen LogP contribution in [-0.4, -0.2) is 29.4 Å². The van der Waals surface area contributed by atoms with Gasteiger partial charge in [0.1, 0.15) is 6.04 Å². The maximum absolute atomic E-state index is 12.6. The highest BCUT2D eigenvalue weighted by molar-refractivity contribution is 8.14. The smallest absolute Gasteiger partial charge is 0.338 e. The van der Waals surface area contributed by atoms with Gasteiger partial charge in [0.15, 0.2) is 5.17 Å². The van der Waals surface area contributed by atoms with Crippen molar-refractivity contribution >= 4 is 57.7 Å². The van der Waals surface area contributed by atoms with Crippen LogP contribution in [0.4, 0.5) is 5.69 Å². The number of hydrogen-bond acceptors (Lipinski definition) is 6. The molecule has 0 radical (unpaired) electrons. The normalized spacial score (nSPS) is 15.7. The molecule has 0 saturated carbocycles. The molecule has 0 fully saturated rings.